The summed E-state index contributed by atoms with van der Waals surface area (Å²) in [7, 11) is 1.49. The van der Waals surface area contributed by atoms with Crippen molar-refractivity contribution in [3.8, 4) is 5.75 Å². The summed E-state index contributed by atoms with van der Waals surface area (Å²) in [6, 6.07) is 12.1. The van der Waals surface area contributed by atoms with Gasteiger partial charge in [0.15, 0.2) is 0 Å². The summed E-state index contributed by atoms with van der Waals surface area (Å²) in [6.07, 6.45) is -0.314. The first-order valence-corrected chi connectivity index (χ1v) is 9.43. The van der Waals surface area contributed by atoms with Crippen LogP contribution in [0.1, 0.15) is 30.0 Å². The molecule has 31 heavy (non-hydrogen) atoms. The number of anilines is 1. The highest BCUT2D eigenvalue weighted by molar-refractivity contribution is 5.96. The molecule has 0 saturated carbocycles. The Morgan fingerprint density at radius 3 is 2.42 bits per heavy atom. The number of carboxylic acids is 1. The maximum Gasteiger partial charge on any atom is 0.319 e. The smallest absolute Gasteiger partial charge is 0.319 e. The molecule has 2 rings (SSSR count). The van der Waals surface area contributed by atoms with Gasteiger partial charge in [-0.3, -0.25) is 15.0 Å². The highest BCUT2D eigenvalue weighted by Gasteiger charge is 2.22. The van der Waals surface area contributed by atoms with E-state index in [1.165, 1.54) is 7.11 Å². The lowest BCUT2D eigenvalue weighted by Crippen LogP contribution is -2.36. The number of nitrogens with two attached hydrogens (primary N) is 1. The van der Waals surface area contributed by atoms with E-state index in [2.05, 4.69) is 16.0 Å². The predicted molar refractivity (Wildman–Crippen MR) is 115 cm³/mol. The summed E-state index contributed by atoms with van der Waals surface area (Å²) in [5.41, 5.74) is 7.02. The first-order valence-electron chi connectivity index (χ1n) is 9.43. The molecule has 0 spiro atoms. The van der Waals surface area contributed by atoms with Crippen molar-refractivity contribution in [3.05, 3.63) is 59.7 Å². The van der Waals surface area contributed by atoms with Crippen molar-refractivity contribution in [3.63, 3.8) is 0 Å². The van der Waals surface area contributed by atoms with E-state index in [1.807, 2.05) is 0 Å². The average Bonchev–Trinajstić information content (AvgIpc) is 2.73. The summed E-state index contributed by atoms with van der Waals surface area (Å²) >= 11 is 0. The third-order valence-electron chi connectivity index (χ3n) is 4.32. The predicted octanol–water partition coefficient (Wildman–Crippen LogP) is 1.82. The van der Waals surface area contributed by atoms with Crippen LogP contribution in [0.15, 0.2) is 48.5 Å². The first-order chi connectivity index (χ1) is 14.8. The summed E-state index contributed by atoms with van der Waals surface area (Å²) < 4.78 is 5.34. The molecule has 2 aromatic carbocycles. The van der Waals surface area contributed by atoms with E-state index >= 15 is 0 Å². The second-order valence-corrected chi connectivity index (χ2v) is 6.58. The second kappa shape index (κ2) is 11.2. The lowest BCUT2D eigenvalue weighted by atomic mass is 10.0. The van der Waals surface area contributed by atoms with Gasteiger partial charge in [-0.25, -0.2) is 4.79 Å². The van der Waals surface area contributed by atoms with E-state index in [0.717, 1.165) is 0 Å². The number of carbonyl (C=O) groups excluding carboxylic acids is 2. The number of carbonyl (C=O) groups is 3. The van der Waals surface area contributed by atoms with Gasteiger partial charge in [0, 0.05) is 23.4 Å². The molecular weight excluding hydrogens is 402 g/mol. The van der Waals surface area contributed by atoms with Crippen molar-refractivity contribution in [2.24, 2.45) is 5.73 Å². The van der Waals surface area contributed by atoms with Crippen LogP contribution in [-0.2, 0) is 9.59 Å². The van der Waals surface area contributed by atoms with Gasteiger partial charge in [0.2, 0.25) is 5.91 Å². The van der Waals surface area contributed by atoms with E-state index in [9.17, 15) is 14.4 Å². The Morgan fingerprint density at radius 2 is 1.81 bits per heavy atom. The van der Waals surface area contributed by atoms with Crippen LogP contribution in [0.3, 0.4) is 0 Å². The lowest BCUT2D eigenvalue weighted by molar-refractivity contribution is -0.136. The molecule has 1 atom stereocenters. The van der Waals surface area contributed by atoms with Gasteiger partial charge in [-0.1, -0.05) is 18.2 Å². The van der Waals surface area contributed by atoms with Gasteiger partial charge in [-0.05, 0) is 30.3 Å². The van der Waals surface area contributed by atoms with Crippen LogP contribution in [0, 0.1) is 5.41 Å². The summed E-state index contributed by atoms with van der Waals surface area (Å²) in [5.74, 6) is -1.02. The molecule has 0 bridgehead atoms. The molecule has 164 valence electrons. The molecular formula is C21H25N5O5. The number of rotatable bonds is 10. The average molecular weight is 427 g/mol. The van der Waals surface area contributed by atoms with E-state index in [1.54, 1.807) is 48.5 Å². The van der Waals surface area contributed by atoms with E-state index < -0.39 is 23.9 Å². The van der Waals surface area contributed by atoms with Crippen LogP contribution in [-0.4, -0.2) is 42.5 Å². The molecule has 0 aliphatic heterocycles. The van der Waals surface area contributed by atoms with E-state index in [0.29, 0.717) is 22.6 Å². The fraction of sp³-hybridized carbons (Fsp3) is 0.238. The quantitative estimate of drug-likeness (QED) is 0.250. The number of aliphatic carboxylic acids is 1. The fourth-order valence-electron chi connectivity index (χ4n) is 2.82. The Labute approximate surface area is 179 Å². The Morgan fingerprint density at radius 1 is 1.13 bits per heavy atom. The molecule has 3 amide bonds. The van der Waals surface area contributed by atoms with Crippen molar-refractivity contribution in [1.29, 1.82) is 5.41 Å². The third-order valence-corrected chi connectivity index (χ3v) is 4.32. The highest BCUT2D eigenvalue weighted by atomic mass is 16.5. The maximum absolute atomic E-state index is 12.6. The number of carboxylic acid groups (broad SMARTS) is 1. The van der Waals surface area contributed by atoms with Crippen molar-refractivity contribution in [2.45, 2.75) is 18.9 Å². The fourth-order valence-corrected chi connectivity index (χ4v) is 2.82. The standard InChI is InChI=1S/C21H25N5O5/c1-31-17-5-3-2-4-15(17)16(12-18(27)24-11-10-19(28)29)26-21(30)25-14-8-6-13(7-9-14)20(22)23/h2-9,16H,10-12H2,1H3,(H3,22,23)(H,24,27)(H,28,29)(H2,25,26,30). The summed E-state index contributed by atoms with van der Waals surface area (Å²) in [4.78, 5) is 35.5. The zero-order chi connectivity index (χ0) is 22.8. The summed E-state index contributed by atoms with van der Waals surface area (Å²) in [5, 5.41) is 24.1. The summed E-state index contributed by atoms with van der Waals surface area (Å²) in [6.45, 7) is -0.0124. The van der Waals surface area contributed by atoms with E-state index in [4.69, 9.17) is 21.0 Å². The lowest BCUT2D eigenvalue weighted by Gasteiger charge is -2.21. The first kappa shape index (κ1) is 23.2. The van der Waals surface area contributed by atoms with Crippen LogP contribution in [0.2, 0.25) is 0 Å². The zero-order valence-electron chi connectivity index (χ0n) is 17.0. The minimum absolute atomic E-state index is 0.0124. The van der Waals surface area contributed by atoms with Gasteiger partial charge in [0.05, 0.1) is 26.0 Å². The van der Waals surface area contributed by atoms with Crippen molar-refractivity contribution in [1.82, 2.24) is 10.6 Å². The number of benzene rings is 2. The number of urea groups is 1. The molecule has 0 saturated heterocycles. The number of hydrogen-bond donors (Lipinski definition) is 6. The van der Waals surface area contributed by atoms with Crippen LogP contribution in [0.4, 0.5) is 10.5 Å². The topological polar surface area (TPSA) is 167 Å². The Kier molecular flexibility index (Phi) is 8.38. The van der Waals surface area contributed by atoms with Crippen LogP contribution >= 0.6 is 0 Å². The second-order valence-electron chi connectivity index (χ2n) is 6.58. The minimum Gasteiger partial charge on any atom is -0.496 e. The maximum atomic E-state index is 12.6. The molecule has 0 fully saturated rings. The number of amidine groups is 1. The Bertz CT molecular complexity index is 945. The minimum atomic E-state index is -1.02. The van der Waals surface area contributed by atoms with Crippen LogP contribution in [0.5, 0.6) is 5.75 Å². The number of hydrogen-bond acceptors (Lipinski definition) is 5. The van der Waals surface area contributed by atoms with Gasteiger partial charge in [0.25, 0.3) is 0 Å². The highest BCUT2D eigenvalue weighted by Crippen LogP contribution is 2.27. The molecule has 0 heterocycles. The van der Waals surface area contributed by atoms with Gasteiger partial charge in [-0.2, -0.15) is 0 Å². The monoisotopic (exact) mass is 427 g/mol. The molecule has 0 aromatic heterocycles. The van der Waals surface area contributed by atoms with Crippen LogP contribution < -0.4 is 26.4 Å². The Balaban J connectivity index is 2.11. The molecule has 2 aromatic rings. The largest absolute Gasteiger partial charge is 0.496 e. The molecule has 0 aliphatic carbocycles. The van der Waals surface area contributed by atoms with Crippen molar-refractivity contribution in [2.75, 3.05) is 19.0 Å². The zero-order valence-corrected chi connectivity index (χ0v) is 17.0. The molecule has 0 radical (unpaired) electrons. The number of amides is 3. The molecule has 10 nitrogen and oxygen atoms in total. The molecule has 1 unspecified atom stereocenters. The molecule has 0 aliphatic rings. The molecule has 7 N–H and O–H groups in total. The SMILES string of the molecule is COc1ccccc1C(CC(=O)NCCC(=O)O)NC(=O)Nc1ccc(C(=N)N)cc1. The van der Waals surface area contributed by atoms with Crippen molar-refractivity contribution >= 4 is 29.4 Å². The number of methoxy groups -OCH3 is 1. The number of para-hydroxylation sites is 1. The van der Waals surface area contributed by atoms with Gasteiger partial charge in [0.1, 0.15) is 11.6 Å². The number of nitrogens with one attached hydrogen (secondary N) is 4. The van der Waals surface area contributed by atoms with Gasteiger partial charge in [-0.15, -0.1) is 0 Å². The third kappa shape index (κ3) is 7.35. The van der Waals surface area contributed by atoms with Crippen molar-refractivity contribution < 1.29 is 24.2 Å². The number of ether oxygens (including phenoxy) is 1. The molecule has 10 heteroatoms. The Hall–Kier alpha value is -4.08. The van der Waals surface area contributed by atoms with E-state index in [-0.39, 0.29) is 25.2 Å². The van der Waals surface area contributed by atoms with Crippen LogP contribution in [0.25, 0.3) is 0 Å². The number of nitrogen functional groups attached to an aromatic ring is 1. The van der Waals surface area contributed by atoms with Gasteiger partial charge < -0.3 is 31.5 Å². The van der Waals surface area contributed by atoms with Gasteiger partial charge >= 0.3 is 12.0 Å². The normalized spacial score (nSPS) is 11.1.